The maximum Gasteiger partial charge on any atom is 0.0300 e. The standard InChI is InChI=1S/C13H13Br2NS2/c14-10-2-1-3-12(6-10)17-5-4-16-8-13-7-11(15)9-18-13/h1-3,6-7,9,16H,4-5,8H2. The van der Waals surface area contributed by atoms with Gasteiger partial charge in [-0.05, 0) is 40.2 Å². The second kappa shape index (κ2) is 7.70. The number of hydrogen-bond acceptors (Lipinski definition) is 3. The smallest absolute Gasteiger partial charge is 0.0300 e. The van der Waals surface area contributed by atoms with E-state index >= 15 is 0 Å². The van der Waals surface area contributed by atoms with E-state index in [-0.39, 0.29) is 0 Å². The molecule has 5 heteroatoms. The van der Waals surface area contributed by atoms with Gasteiger partial charge >= 0.3 is 0 Å². The molecule has 1 nitrogen and oxygen atoms in total. The molecule has 0 fully saturated rings. The van der Waals surface area contributed by atoms with Crippen LogP contribution in [-0.2, 0) is 6.54 Å². The van der Waals surface area contributed by atoms with Crippen molar-refractivity contribution in [2.75, 3.05) is 12.3 Å². The molecule has 96 valence electrons. The molecule has 18 heavy (non-hydrogen) atoms. The Labute approximate surface area is 133 Å². The van der Waals surface area contributed by atoms with Gasteiger partial charge in [-0.3, -0.25) is 0 Å². The van der Waals surface area contributed by atoms with E-state index in [0.717, 1.165) is 23.3 Å². The van der Waals surface area contributed by atoms with Crippen molar-refractivity contribution >= 4 is 55.0 Å². The number of thiophene rings is 1. The minimum Gasteiger partial charge on any atom is -0.311 e. The van der Waals surface area contributed by atoms with Gasteiger partial charge in [0.2, 0.25) is 0 Å². The van der Waals surface area contributed by atoms with E-state index in [2.05, 4.69) is 72.9 Å². The largest absolute Gasteiger partial charge is 0.311 e. The normalized spacial score (nSPS) is 10.8. The fourth-order valence-corrected chi connectivity index (χ4v) is 4.29. The van der Waals surface area contributed by atoms with Gasteiger partial charge in [0.1, 0.15) is 0 Å². The summed E-state index contributed by atoms with van der Waals surface area (Å²) in [5.41, 5.74) is 0. The first-order valence-corrected chi connectivity index (χ1v) is 9.01. The third-order valence-corrected chi connectivity index (χ3v) is 5.45. The van der Waals surface area contributed by atoms with Crippen molar-refractivity contribution in [3.8, 4) is 0 Å². The number of hydrogen-bond donors (Lipinski definition) is 1. The first-order chi connectivity index (χ1) is 8.74. The van der Waals surface area contributed by atoms with Gasteiger partial charge in [-0.1, -0.05) is 22.0 Å². The summed E-state index contributed by atoms with van der Waals surface area (Å²) in [5, 5.41) is 5.58. The van der Waals surface area contributed by atoms with E-state index < -0.39 is 0 Å². The Kier molecular flexibility index (Phi) is 6.24. The molecule has 2 aromatic rings. The van der Waals surface area contributed by atoms with Crippen LogP contribution in [0.3, 0.4) is 0 Å². The van der Waals surface area contributed by atoms with Crippen LogP contribution in [0.15, 0.2) is 49.6 Å². The molecule has 0 spiro atoms. The predicted octanol–water partition coefficient (Wildman–Crippen LogP) is 5.16. The molecule has 1 heterocycles. The summed E-state index contributed by atoms with van der Waals surface area (Å²) in [6, 6.07) is 10.6. The summed E-state index contributed by atoms with van der Waals surface area (Å²) in [6.45, 7) is 1.97. The second-order valence-corrected chi connectivity index (χ2v) is 7.71. The molecule has 0 saturated heterocycles. The molecule has 0 atom stereocenters. The Bertz CT molecular complexity index is 499. The first kappa shape index (κ1) is 14.6. The molecule has 2 rings (SSSR count). The minimum absolute atomic E-state index is 0.954. The average Bonchev–Trinajstić information content (AvgIpc) is 2.75. The van der Waals surface area contributed by atoms with Gasteiger partial charge in [0.15, 0.2) is 0 Å². The van der Waals surface area contributed by atoms with Crippen molar-refractivity contribution in [2.24, 2.45) is 0 Å². The van der Waals surface area contributed by atoms with Gasteiger partial charge in [-0.25, -0.2) is 0 Å². The Morgan fingerprint density at radius 3 is 2.78 bits per heavy atom. The quantitative estimate of drug-likeness (QED) is 0.525. The van der Waals surface area contributed by atoms with Crippen LogP contribution in [-0.4, -0.2) is 12.3 Å². The Morgan fingerprint density at radius 2 is 2.06 bits per heavy atom. The highest BCUT2D eigenvalue weighted by atomic mass is 79.9. The lowest BCUT2D eigenvalue weighted by Crippen LogP contribution is -2.15. The van der Waals surface area contributed by atoms with Gasteiger partial charge in [0, 0.05) is 42.9 Å². The summed E-state index contributed by atoms with van der Waals surface area (Å²) in [5.74, 6) is 1.09. The van der Waals surface area contributed by atoms with Crippen LogP contribution in [0.25, 0.3) is 0 Å². The monoisotopic (exact) mass is 405 g/mol. The summed E-state index contributed by atoms with van der Waals surface area (Å²) in [6.07, 6.45) is 0. The zero-order valence-electron chi connectivity index (χ0n) is 9.66. The van der Waals surface area contributed by atoms with Crippen LogP contribution in [0.2, 0.25) is 0 Å². The lowest BCUT2D eigenvalue weighted by Gasteiger charge is -2.03. The predicted molar refractivity (Wildman–Crippen MR) is 88.6 cm³/mol. The van der Waals surface area contributed by atoms with Gasteiger partial charge < -0.3 is 5.32 Å². The summed E-state index contributed by atoms with van der Waals surface area (Å²) >= 11 is 10.6. The van der Waals surface area contributed by atoms with E-state index in [1.807, 2.05) is 11.8 Å². The Hall–Kier alpha value is 0.190. The average molecular weight is 407 g/mol. The number of benzene rings is 1. The fraction of sp³-hybridized carbons (Fsp3) is 0.231. The molecule has 0 aliphatic carbocycles. The molecule has 1 aromatic heterocycles. The lowest BCUT2D eigenvalue weighted by atomic mass is 10.4. The van der Waals surface area contributed by atoms with Crippen LogP contribution in [0, 0.1) is 0 Å². The van der Waals surface area contributed by atoms with Crippen molar-refractivity contribution in [3.05, 3.63) is 49.5 Å². The lowest BCUT2D eigenvalue weighted by molar-refractivity contribution is 0.741. The zero-order chi connectivity index (χ0) is 12.8. The summed E-state index contributed by atoms with van der Waals surface area (Å²) in [7, 11) is 0. The van der Waals surface area contributed by atoms with E-state index in [9.17, 15) is 0 Å². The molecule has 0 saturated carbocycles. The summed E-state index contributed by atoms with van der Waals surface area (Å²) < 4.78 is 2.32. The van der Waals surface area contributed by atoms with E-state index in [1.54, 1.807) is 11.3 Å². The van der Waals surface area contributed by atoms with Crippen LogP contribution in [0.4, 0.5) is 0 Å². The molecular formula is C13H13Br2NS2. The van der Waals surface area contributed by atoms with Gasteiger partial charge in [0.05, 0.1) is 0 Å². The van der Waals surface area contributed by atoms with Crippen LogP contribution in [0.5, 0.6) is 0 Å². The maximum absolute atomic E-state index is 3.49. The molecule has 0 bridgehead atoms. The van der Waals surface area contributed by atoms with Gasteiger partial charge in [-0.2, -0.15) is 0 Å². The first-order valence-electron chi connectivity index (χ1n) is 5.56. The second-order valence-electron chi connectivity index (χ2n) is 3.71. The number of halogens is 2. The topological polar surface area (TPSA) is 12.0 Å². The van der Waals surface area contributed by atoms with Crippen molar-refractivity contribution in [1.29, 1.82) is 0 Å². The van der Waals surface area contributed by atoms with Crippen molar-refractivity contribution < 1.29 is 0 Å². The number of rotatable bonds is 6. The van der Waals surface area contributed by atoms with E-state index in [0.29, 0.717) is 0 Å². The molecule has 1 N–H and O–H groups in total. The van der Waals surface area contributed by atoms with Crippen molar-refractivity contribution in [2.45, 2.75) is 11.4 Å². The van der Waals surface area contributed by atoms with Crippen LogP contribution >= 0.6 is 55.0 Å². The number of nitrogens with one attached hydrogen (secondary N) is 1. The molecule has 0 aliphatic rings. The van der Waals surface area contributed by atoms with Gasteiger partial charge in [0.25, 0.3) is 0 Å². The van der Waals surface area contributed by atoms with Crippen molar-refractivity contribution in [1.82, 2.24) is 5.32 Å². The molecule has 1 aromatic carbocycles. The highest BCUT2D eigenvalue weighted by molar-refractivity contribution is 9.10. The third-order valence-electron chi connectivity index (χ3n) is 2.26. The van der Waals surface area contributed by atoms with Crippen LogP contribution in [0.1, 0.15) is 4.88 Å². The zero-order valence-corrected chi connectivity index (χ0v) is 14.5. The molecule has 0 aliphatic heterocycles. The molecular weight excluding hydrogens is 394 g/mol. The summed E-state index contributed by atoms with van der Waals surface area (Å²) in [4.78, 5) is 2.68. The van der Waals surface area contributed by atoms with E-state index in [4.69, 9.17) is 0 Å². The minimum atomic E-state index is 0.954. The maximum atomic E-state index is 3.49. The van der Waals surface area contributed by atoms with Gasteiger partial charge in [-0.15, -0.1) is 23.1 Å². The highest BCUT2D eigenvalue weighted by Crippen LogP contribution is 2.22. The number of thioether (sulfide) groups is 1. The highest BCUT2D eigenvalue weighted by Gasteiger charge is 1.98. The Balaban J connectivity index is 1.64. The Morgan fingerprint density at radius 1 is 1.17 bits per heavy atom. The van der Waals surface area contributed by atoms with E-state index in [1.165, 1.54) is 14.2 Å². The third kappa shape index (κ3) is 5.05. The van der Waals surface area contributed by atoms with Crippen molar-refractivity contribution in [3.63, 3.8) is 0 Å². The molecule has 0 amide bonds. The fourth-order valence-electron chi connectivity index (χ4n) is 1.46. The van der Waals surface area contributed by atoms with Crippen LogP contribution < -0.4 is 5.32 Å². The molecule has 0 radical (unpaired) electrons. The SMILES string of the molecule is Brc1cccc(SCCNCc2cc(Br)cs2)c1. The molecule has 0 unspecified atom stereocenters.